The van der Waals surface area contributed by atoms with Gasteiger partial charge in [0.2, 0.25) is 0 Å². The highest BCUT2D eigenvalue weighted by Crippen LogP contribution is 2.30. The number of hydrogen-bond acceptors (Lipinski definition) is 3. The van der Waals surface area contributed by atoms with Crippen LogP contribution in [0.25, 0.3) is 5.69 Å². The van der Waals surface area contributed by atoms with Crippen molar-refractivity contribution in [2.24, 2.45) is 0 Å². The average molecular weight is 242 g/mol. The molecular weight excluding hydrogens is 233 g/mol. The van der Waals surface area contributed by atoms with E-state index in [-0.39, 0.29) is 11.5 Å². The quantitative estimate of drug-likeness (QED) is 0.833. The Bertz CT molecular complexity index is 525. The third kappa shape index (κ3) is 2.22. The zero-order valence-electron chi connectivity index (χ0n) is 8.86. The molecule has 4 nitrogen and oxygen atoms in total. The van der Waals surface area contributed by atoms with Gasteiger partial charge in [0.05, 0.1) is 11.3 Å². The van der Waals surface area contributed by atoms with E-state index in [0.717, 1.165) is 16.9 Å². The van der Waals surface area contributed by atoms with Gasteiger partial charge >= 0.3 is 6.18 Å². The molecule has 2 rings (SSSR count). The van der Waals surface area contributed by atoms with Gasteiger partial charge in [-0.05, 0) is 25.1 Å². The molecule has 1 aromatic carbocycles. The Morgan fingerprint density at radius 1 is 1.24 bits per heavy atom. The first kappa shape index (κ1) is 11.4. The Morgan fingerprint density at radius 2 is 1.94 bits per heavy atom. The van der Waals surface area contributed by atoms with Gasteiger partial charge in [0, 0.05) is 0 Å². The van der Waals surface area contributed by atoms with Crippen LogP contribution in [-0.4, -0.2) is 15.0 Å². The highest BCUT2D eigenvalue weighted by atomic mass is 19.4. The number of anilines is 1. The lowest BCUT2D eigenvalue weighted by Gasteiger charge is -2.07. The van der Waals surface area contributed by atoms with Crippen molar-refractivity contribution >= 4 is 5.82 Å². The van der Waals surface area contributed by atoms with E-state index in [4.69, 9.17) is 5.73 Å². The number of nitrogens with zero attached hydrogens (tertiary/aromatic N) is 3. The monoisotopic (exact) mass is 242 g/mol. The van der Waals surface area contributed by atoms with Crippen molar-refractivity contribution in [1.82, 2.24) is 15.0 Å². The van der Waals surface area contributed by atoms with E-state index >= 15 is 0 Å². The van der Waals surface area contributed by atoms with Crippen molar-refractivity contribution in [2.45, 2.75) is 13.1 Å². The lowest BCUT2D eigenvalue weighted by molar-refractivity contribution is -0.137. The van der Waals surface area contributed by atoms with Crippen molar-refractivity contribution in [3.63, 3.8) is 0 Å². The van der Waals surface area contributed by atoms with E-state index in [1.165, 1.54) is 12.1 Å². The lowest BCUT2D eigenvalue weighted by Crippen LogP contribution is -2.07. The van der Waals surface area contributed by atoms with Crippen LogP contribution in [0.2, 0.25) is 0 Å². The largest absolute Gasteiger partial charge is 0.416 e. The summed E-state index contributed by atoms with van der Waals surface area (Å²) in [6.45, 7) is 1.63. The standard InChI is InChI=1S/C10H9F3N4/c1-6-9(14)16-17(15-6)8-4-2-3-7(5-8)10(11,12)13/h2-5H,1H3,(H2,14,16). The van der Waals surface area contributed by atoms with E-state index < -0.39 is 11.7 Å². The molecule has 7 heteroatoms. The molecule has 0 fully saturated rings. The molecule has 90 valence electrons. The van der Waals surface area contributed by atoms with Crippen LogP contribution in [0.5, 0.6) is 0 Å². The molecular formula is C10H9F3N4. The van der Waals surface area contributed by atoms with Gasteiger partial charge in [-0.1, -0.05) is 6.07 Å². The molecule has 17 heavy (non-hydrogen) atoms. The van der Waals surface area contributed by atoms with Gasteiger partial charge in [-0.15, -0.1) is 9.90 Å². The van der Waals surface area contributed by atoms with Gasteiger partial charge in [-0.25, -0.2) is 0 Å². The van der Waals surface area contributed by atoms with E-state index in [2.05, 4.69) is 10.2 Å². The van der Waals surface area contributed by atoms with E-state index in [0.29, 0.717) is 5.69 Å². The van der Waals surface area contributed by atoms with Crippen molar-refractivity contribution in [3.05, 3.63) is 35.5 Å². The molecule has 0 atom stereocenters. The number of hydrogen-bond donors (Lipinski definition) is 1. The summed E-state index contributed by atoms with van der Waals surface area (Å²) >= 11 is 0. The summed E-state index contributed by atoms with van der Waals surface area (Å²) in [5.41, 5.74) is 5.43. The normalized spacial score (nSPS) is 11.8. The van der Waals surface area contributed by atoms with Crippen molar-refractivity contribution in [1.29, 1.82) is 0 Å². The average Bonchev–Trinajstić information content (AvgIpc) is 2.58. The molecule has 0 aliphatic rings. The van der Waals surface area contributed by atoms with Gasteiger partial charge in [0.1, 0.15) is 5.69 Å². The first-order chi connectivity index (χ1) is 7.88. The second-order valence-corrected chi connectivity index (χ2v) is 3.51. The van der Waals surface area contributed by atoms with Crippen LogP contribution in [0, 0.1) is 6.92 Å². The summed E-state index contributed by atoms with van der Waals surface area (Å²) in [5, 5.41) is 7.74. The van der Waals surface area contributed by atoms with Gasteiger partial charge in [0.15, 0.2) is 5.82 Å². The molecule has 0 unspecified atom stereocenters. The summed E-state index contributed by atoms with van der Waals surface area (Å²) in [7, 11) is 0. The van der Waals surface area contributed by atoms with E-state index in [9.17, 15) is 13.2 Å². The number of alkyl halides is 3. The molecule has 2 N–H and O–H groups in total. The fourth-order valence-corrected chi connectivity index (χ4v) is 1.31. The van der Waals surface area contributed by atoms with Crippen LogP contribution in [0.4, 0.5) is 19.0 Å². The first-order valence-corrected chi connectivity index (χ1v) is 4.75. The van der Waals surface area contributed by atoms with Gasteiger partial charge in [-0.3, -0.25) is 0 Å². The lowest BCUT2D eigenvalue weighted by atomic mass is 10.2. The minimum atomic E-state index is -4.39. The molecule has 0 amide bonds. The maximum Gasteiger partial charge on any atom is 0.416 e. The Labute approximate surface area is 94.9 Å². The second-order valence-electron chi connectivity index (χ2n) is 3.51. The predicted octanol–water partition coefficient (Wildman–Crippen LogP) is 2.18. The van der Waals surface area contributed by atoms with Crippen molar-refractivity contribution in [2.75, 3.05) is 5.73 Å². The number of rotatable bonds is 1. The summed E-state index contributed by atoms with van der Waals surface area (Å²) in [5.74, 6) is 0.197. The Kier molecular flexibility index (Phi) is 2.53. The molecule has 0 saturated heterocycles. The number of halogens is 3. The van der Waals surface area contributed by atoms with Gasteiger partial charge < -0.3 is 5.73 Å². The summed E-state index contributed by atoms with van der Waals surface area (Å²) in [6.07, 6.45) is -4.39. The third-order valence-corrected chi connectivity index (χ3v) is 2.22. The third-order valence-electron chi connectivity index (χ3n) is 2.22. The van der Waals surface area contributed by atoms with Gasteiger partial charge in [0.25, 0.3) is 0 Å². The highest BCUT2D eigenvalue weighted by Gasteiger charge is 2.30. The molecule has 1 heterocycles. The number of nitrogens with two attached hydrogens (primary N) is 1. The SMILES string of the molecule is Cc1nn(-c2cccc(C(F)(F)F)c2)nc1N. The minimum absolute atomic E-state index is 0.197. The maximum absolute atomic E-state index is 12.5. The van der Waals surface area contributed by atoms with Crippen molar-refractivity contribution < 1.29 is 13.2 Å². The molecule has 0 aliphatic heterocycles. The predicted molar refractivity (Wildman–Crippen MR) is 55.5 cm³/mol. The Morgan fingerprint density at radius 3 is 2.47 bits per heavy atom. The zero-order valence-corrected chi connectivity index (χ0v) is 8.86. The summed E-state index contributed by atoms with van der Waals surface area (Å²) < 4.78 is 37.5. The molecule has 0 bridgehead atoms. The van der Waals surface area contributed by atoms with Gasteiger partial charge in [-0.2, -0.15) is 18.3 Å². The fourth-order valence-electron chi connectivity index (χ4n) is 1.31. The minimum Gasteiger partial charge on any atom is -0.381 e. The van der Waals surface area contributed by atoms with Crippen LogP contribution >= 0.6 is 0 Å². The molecule has 1 aromatic heterocycles. The van der Waals surface area contributed by atoms with Crippen LogP contribution in [-0.2, 0) is 6.18 Å². The maximum atomic E-state index is 12.5. The first-order valence-electron chi connectivity index (χ1n) is 4.75. The molecule has 0 aliphatic carbocycles. The fraction of sp³-hybridized carbons (Fsp3) is 0.200. The Hall–Kier alpha value is -2.05. The molecule has 0 radical (unpaired) electrons. The number of aromatic nitrogens is 3. The molecule has 0 spiro atoms. The number of benzene rings is 1. The smallest absolute Gasteiger partial charge is 0.381 e. The van der Waals surface area contributed by atoms with Crippen LogP contribution in [0.3, 0.4) is 0 Å². The van der Waals surface area contributed by atoms with E-state index in [1.807, 2.05) is 0 Å². The highest BCUT2D eigenvalue weighted by molar-refractivity contribution is 5.38. The Balaban J connectivity index is 2.47. The molecule has 2 aromatic rings. The van der Waals surface area contributed by atoms with E-state index in [1.54, 1.807) is 6.92 Å². The molecule has 0 saturated carbocycles. The second kappa shape index (κ2) is 3.76. The summed E-state index contributed by atoms with van der Waals surface area (Å²) in [4.78, 5) is 1.08. The topological polar surface area (TPSA) is 56.7 Å². The number of nitrogen functional groups attached to an aromatic ring is 1. The summed E-state index contributed by atoms with van der Waals surface area (Å²) in [6, 6.07) is 4.74. The van der Waals surface area contributed by atoms with Crippen molar-refractivity contribution in [3.8, 4) is 5.69 Å². The number of aryl methyl sites for hydroxylation is 1. The van der Waals surface area contributed by atoms with Crippen LogP contribution in [0.1, 0.15) is 11.3 Å². The zero-order chi connectivity index (χ0) is 12.6. The van der Waals surface area contributed by atoms with Crippen LogP contribution in [0.15, 0.2) is 24.3 Å². The van der Waals surface area contributed by atoms with Crippen LogP contribution < -0.4 is 5.73 Å².